The van der Waals surface area contributed by atoms with Crippen molar-refractivity contribution in [3.8, 4) is 0 Å². The van der Waals surface area contributed by atoms with Crippen molar-refractivity contribution >= 4 is 17.7 Å². The van der Waals surface area contributed by atoms with E-state index in [-0.39, 0.29) is 12.0 Å². The van der Waals surface area contributed by atoms with Gasteiger partial charge in [-0.15, -0.1) is 0 Å². The van der Waals surface area contributed by atoms with Crippen molar-refractivity contribution in [2.45, 2.75) is 99.6 Å². The molecule has 1 aliphatic heterocycles. The summed E-state index contributed by atoms with van der Waals surface area (Å²) in [5.41, 5.74) is 13.3. The number of benzene rings is 1. The van der Waals surface area contributed by atoms with Gasteiger partial charge in [0, 0.05) is 72.5 Å². The number of nitrogens with one attached hydrogen (secondary N) is 2. The quantitative estimate of drug-likeness (QED) is 0.133. The summed E-state index contributed by atoms with van der Waals surface area (Å²) in [6.45, 7) is 34.1. The van der Waals surface area contributed by atoms with Gasteiger partial charge in [0.05, 0.1) is 0 Å². The predicted molar refractivity (Wildman–Crippen MR) is 229 cm³/mol. The Bertz CT molecular complexity index is 1670. The van der Waals surface area contributed by atoms with E-state index in [0.29, 0.717) is 6.04 Å². The summed E-state index contributed by atoms with van der Waals surface area (Å²) in [5.74, 6) is 0.212. The second-order valence-electron chi connectivity index (χ2n) is 14.6. The zero-order chi connectivity index (χ0) is 38.5. The van der Waals surface area contributed by atoms with Crippen LogP contribution in [0.2, 0.25) is 5.02 Å². The number of hydrogen-bond donors (Lipinski definition) is 2. The lowest BCUT2D eigenvalue weighted by atomic mass is 9.84. The maximum Gasteiger partial charge on any atom is 0.0409 e. The molecule has 1 aliphatic rings. The van der Waals surface area contributed by atoms with Gasteiger partial charge in [0.1, 0.15) is 0 Å². The Balaban J connectivity index is 1.80. The van der Waals surface area contributed by atoms with Gasteiger partial charge in [0.25, 0.3) is 0 Å². The van der Waals surface area contributed by atoms with Gasteiger partial charge in [-0.2, -0.15) is 0 Å². The van der Waals surface area contributed by atoms with Gasteiger partial charge in [-0.1, -0.05) is 62.9 Å². The van der Waals surface area contributed by atoms with Gasteiger partial charge in [-0.05, 0) is 163 Å². The number of H-pyrrole nitrogens is 1. The third-order valence-electron chi connectivity index (χ3n) is 11.0. The Kier molecular flexibility index (Phi) is 17.0. The Morgan fingerprint density at radius 2 is 1.81 bits per heavy atom. The summed E-state index contributed by atoms with van der Waals surface area (Å²) in [6, 6.07) is 9.34. The van der Waals surface area contributed by atoms with Gasteiger partial charge < -0.3 is 20.1 Å². The van der Waals surface area contributed by atoms with Crippen molar-refractivity contribution < 1.29 is 0 Å². The molecule has 1 aromatic carbocycles. The highest BCUT2D eigenvalue weighted by Gasteiger charge is 2.32. The van der Waals surface area contributed by atoms with Crippen LogP contribution >= 0.6 is 11.6 Å². The minimum atomic E-state index is 0.190. The summed E-state index contributed by atoms with van der Waals surface area (Å²) < 4.78 is 0. The van der Waals surface area contributed by atoms with Crippen LogP contribution in [0.1, 0.15) is 95.3 Å². The second-order valence-corrected chi connectivity index (χ2v) is 15.0. The molecule has 1 aromatic heterocycles. The molecular formula is C46H68ClN5. The average molecular weight is 727 g/mol. The SMILES string of the molecule is C=C(/C=C\C(=C/C)N(C)CCN(CC)C(C)CCNC)/C(=C/C1=C(C)CN(C(C)C(Cc2cc(C)c(/C=C\C)[nH]2)c2cc(Cl)ccc2C)C1=C)CC. The van der Waals surface area contributed by atoms with Crippen LogP contribution < -0.4 is 5.32 Å². The molecule has 0 fully saturated rings. The molecule has 2 aromatic rings. The molecule has 0 radical (unpaired) electrons. The summed E-state index contributed by atoms with van der Waals surface area (Å²) in [6.07, 6.45) is 16.1. The number of aryl methyl sites for hydroxylation is 2. The first kappa shape index (κ1) is 42.9. The van der Waals surface area contributed by atoms with Crippen molar-refractivity contribution in [1.82, 2.24) is 25.0 Å². The Hall–Kier alpha value is -3.51. The lowest BCUT2D eigenvalue weighted by Gasteiger charge is -2.36. The van der Waals surface area contributed by atoms with Crippen molar-refractivity contribution in [3.63, 3.8) is 0 Å². The molecule has 2 N–H and O–H groups in total. The standard InChI is InChI=1S/C46H68ClN5/c1-14-18-46-34(7)27-41(49-46)30-45(44-29-40(47)21-19-33(44)6)38(11)52-31-35(8)43(37(52)10)28-39(15-2)32(5)20-22-42(16-3)50(13)25-26-51(17-4)36(9)23-24-48-12/h14,16,18-22,27-29,36,38,45,48-49H,5,10,15,17,23-26,30-31H2,1-4,6-9,11-13H3/b18-14-,22-20-,39-28+,42-16+. The van der Waals surface area contributed by atoms with Crippen LogP contribution in [0.15, 0.2) is 101 Å². The van der Waals surface area contributed by atoms with E-state index in [4.69, 9.17) is 18.2 Å². The molecule has 5 nitrogen and oxygen atoms in total. The highest BCUT2D eigenvalue weighted by molar-refractivity contribution is 6.30. The van der Waals surface area contributed by atoms with Gasteiger partial charge in [0.2, 0.25) is 0 Å². The van der Waals surface area contributed by atoms with Gasteiger partial charge in [-0.3, -0.25) is 4.90 Å². The van der Waals surface area contributed by atoms with E-state index in [1.165, 1.54) is 50.5 Å². The fraction of sp³-hybridized carbons (Fsp3) is 0.478. The van der Waals surface area contributed by atoms with Crippen molar-refractivity contribution in [2.75, 3.05) is 46.8 Å². The maximum atomic E-state index is 6.62. The van der Waals surface area contributed by atoms with Crippen LogP contribution in [0, 0.1) is 13.8 Å². The third-order valence-corrected chi connectivity index (χ3v) is 11.2. The van der Waals surface area contributed by atoms with Crippen LogP contribution in [0.25, 0.3) is 6.08 Å². The van der Waals surface area contributed by atoms with Crippen LogP contribution in [0.3, 0.4) is 0 Å². The number of likely N-dealkylation sites (N-methyl/N-ethyl adjacent to an activating group) is 2. The van der Waals surface area contributed by atoms with E-state index in [0.717, 1.165) is 68.3 Å². The molecular weight excluding hydrogens is 658 g/mol. The fourth-order valence-electron chi connectivity index (χ4n) is 7.50. The smallest absolute Gasteiger partial charge is 0.0409 e. The van der Waals surface area contributed by atoms with E-state index in [9.17, 15) is 0 Å². The van der Waals surface area contributed by atoms with E-state index >= 15 is 0 Å². The number of nitrogens with zero attached hydrogens (tertiary/aromatic N) is 3. The zero-order valence-electron chi connectivity index (χ0n) is 34.3. The highest BCUT2D eigenvalue weighted by atomic mass is 35.5. The van der Waals surface area contributed by atoms with Crippen LogP contribution in [-0.4, -0.2) is 78.6 Å². The largest absolute Gasteiger partial charge is 0.374 e. The Morgan fingerprint density at radius 1 is 1.08 bits per heavy atom. The molecule has 0 spiro atoms. The zero-order valence-corrected chi connectivity index (χ0v) is 35.1. The molecule has 284 valence electrons. The molecule has 0 saturated heterocycles. The molecule has 0 saturated carbocycles. The summed E-state index contributed by atoms with van der Waals surface area (Å²) in [7, 11) is 4.22. The molecule has 3 rings (SSSR count). The monoisotopic (exact) mass is 726 g/mol. The first-order chi connectivity index (χ1) is 24.8. The topological polar surface area (TPSA) is 37.5 Å². The highest BCUT2D eigenvalue weighted by Crippen LogP contribution is 2.38. The minimum Gasteiger partial charge on any atom is -0.374 e. The predicted octanol–water partition coefficient (Wildman–Crippen LogP) is 10.8. The van der Waals surface area contributed by atoms with E-state index in [2.05, 4.69) is 156 Å². The molecule has 0 amide bonds. The van der Waals surface area contributed by atoms with Crippen LogP contribution in [0.5, 0.6) is 0 Å². The average Bonchev–Trinajstić information content (AvgIpc) is 3.61. The van der Waals surface area contributed by atoms with Crippen LogP contribution in [0.4, 0.5) is 0 Å². The summed E-state index contributed by atoms with van der Waals surface area (Å²) >= 11 is 6.62. The second kappa shape index (κ2) is 20.7. The normalized spacial score (nSPS) is 16.2. The molecule has 6 heteroatoms. The number of rotatable bonds is 20. The van der Waals surface area contributed by atoms with E-state index in [1.54, 1.807) is 0 Å². The van der Waals surface area contributed by atoms with Crippen molar-refractivity contribution in [1.29, 1.82) is 0 Å². The van der Waals surface area contributed by atoms with Crippen molar-refractivity contribution in [3.05, 3.63) is 135 Å². The molecule has 52 heavy (non-hydrogen) atoms. The fourth-order valence-corrected chi connectivity index (χ4v) is 7.68. The number of aromatic nitrogens is 1. The lowest BCUT2D eigenvalue weighted by molar-refractivity contribution is 0.192. The minimum absolute atomic E-state index is 0.190. The first-order valence-corrected chi connectivity index (χ1v) is 19.7. The maximum absolute atomic E-state index is 6.62. The third kappa shape index (κ3) is 11.2. The Morgan fingerprint density at radius 3 is 2.44 bits per heavy atom. The Labute approximate surface area is 322 Å². The van der Waals surface area contributed by atoms with Gasteiger partial charge >= 0.3 is 0 Å². The molecule has 0 aliphatic carbocycles. The molecule has 3 atom stereocenters. The molecule has 0 bridgehead atoms. The van der Waals surface area contributed by atoms with E-state index < -0.39 is 0 Å². The lowest BCUT2D eigenvalue weighted by Crippen LogP contribution is -2.39. The number of hydrogen-bond acceptors (Lipinski definition) is 4. The van der Waals surface area contributed by atoms with Crippen LogP contribution in [-0.2, 0) is 6.42 Å². The summed E-state index contributed by atoms with van der Waals surface area (Å²) in [4.78, 5) is 11.1. The first-order valence-electron chi connectivity index (χ1n) is 19.4. The molecule has 3 unspecified atom stereocenters. The van der Waals surface area contributed by atoms with Gasteiger partial charge in [-0.25, -0.2) is 0 Å². The molecule has 2 heterocycles. The number of halogens is 1. The van der Waals surface area contributed by atoms with Gasteiger partial charge in [0.15, 0.2) is 0 Å². The summed E-state index contributed by atoms with van der Waals surface area (Å²) in [5, 5.41) is 4.06. The number of allylic oxidation sites excluding steroid dienone is 7. The van der Waals surface area contributed by atoms with E-state index in [1.807, 2.05) is 13.1 Å². The number of aromatic amines is 1. The van der Waals surface area contributed by atoms with Crippen molar-refractivity contribution in [2.24, 2.45) is 0 Å².